The van der Waals surface area contributed by atoms with E-state index in [1.807, 2.05) is 25.1 Å². The maximum Gasteiger partial charge on any atom is 0.238 e. The number of hydrogen-bond donors (Lipinski definition) is 1. The molecule has 8 heteroatoms. The first-order chi connectivity index (χ1) is 13.5. The second kappa shape index (κ2) is 9.89. The number of nitrogens with one attached hydrogen (secondary N) is 1. The van der Waals surface area contributed by atoms with Gasteiger partial charge in [0, 0.05) is 23.5 Å². The zero-order valence-corrected chi connectivity index (χ0v) is 19.1. The number of aromatic nitrogens is 3. The average molecular weight is 466 g/mol. The largest absolute Gasteiger partial charge is 0.324 e. The Kier molecular flexibility index (Phi) is 7.54. The zero-order valence-electron chi connectivity index (χ0n) is 16.7. The predicted octanol–water partition coefficient (Wildman–Crippen LogP) is 4.30. The lowest BCUT2D eigenvalue weighted by molar-refractivity contribution is -0.117. The number of hydrogen-bond acceptors (Lipinski definition) is 5. The van der Waals surface area contributed by atoms with Gasteiger partial charge in [-0.25, -0.2) is 0 Å². The van der Waals surface area contributed by atoms with E-state index in [0.29, 0.717) is 12.5 Å². The summed E-state index contributed by atoms with van der Waals surface area (Å²) in [7, 11) is 0. The van der Waals surface area contributed by atoms with E-state index in [-0.39, 0.29) is 5.91 Å². The van der Waals surface area contributed by atoms with E-state index in [4.69, 9.17) is 0 Å². The summed E-state index contributed by atoms with van der Waals surface area (Å²) in [6.07, 6.45) is 2.16. The highest BCUT2D eigenvalue weighted by Gasteiger charge is 2.27. The lowest BCUT2D eigenvalue weighted by atomic mass is 9.97. The van der Waals surface area contributed by atoms with Crippen LogP contribution in [0.15, 0.2) is 27.8 Å². The number of carbonyl (C=O) groups excluding carboxylic acids is 1. The molecule has 1 fully saturated rings. The Morgan fingerprint density at radius 3 is 2.89 bits per heavy atom. The number of anilines is 1. The van der Waals surface area contributed by atoms with Gasteiger partial charge < -0.3 is 9.88 Å². The van der Waals surface area contributed by atoms with Crippen molar-refractivity contribution < 1.29 is 4.79 Å². The fraction of sp³-hybridized carbons (Fsp3) is 0.550. The molecule has 1 unspecified atom stereocenters. The summed E-state index contributed by atoms with van der Waals surface area (Å²) in [5.74, 6) is 2.39. The fourth-order valence-electron chi connectivity index (χ4n) is 3.66. The summed E-state index contributed by atoms with van der Waals surface area (Å²) < 4.78 is 3.14. The van der Waals surface area contributed by atoms with Gasteiger partial charge in [0.25, 0.3) is 0 Å². The molecule has 0 radical (unpaired) electrons. The number of nitrogens with zero attached hydrogens (tertiary/aromatic N) is 4. The minimum atomic E-state index is 0.0180. The smallest absolute Gasteiger partial charge is 0.238 e. The van der Waals surface area contributed by atoms with E-state index < -0.39 is 0 Å². The summed E-state index contributed by atoms with van der Waals surface area (Å²) in [6, 6.07) is 5.95. The van der Waals surface area contributed by atoms with Gasteiger partial charge in [-0.3, -0.25) is 9.69 Å². The third kappa shape index (κ3) is 5.15. The van der Waals surface area contributed by atoms with Crippen molar-refractivity contribution in [2.75, 3.05) is 30.7 Å². The minimum Gasteiger partial charge on any atom is -0.324 e. The molecule has 1 amide bonds. The summed E-state index contributed by atoms with van der Waals surface area (Å²) in [5, 5.41) is 12.9. The average Bonchev–Trinajstić information content (AvgIpc) is 3.07. The molecule has 0 bridgehead atoms. The molecule has 3 rings (SSSR count). The third-order valence-corrected chi connectivity index (χ3v) is 6.48. The van der Waals surface area contributed by atoms with E-state index in [2.05, 4.69) is 54.8 Å². The van der Waals surface area contributed by atoms with Crippen LogP contribution in [0.25, 0.3) is 0 Å². The molecule has 1 aromatic carbocycles. The molecule has 28 heavy (non-hydrogen) atoms. The van der Waals surface area contributed by atoms with Crippen molar-refractivity contribution in [3.05, 3.63) is 34.1 Å². The zero-order chi connectivity index (χ0) is 20.1. The van der Waals surface area contributed by atoms with Crippen molar-refractivity contribution in [2.45, 2.75) is 51.2 Å². The van der Waals surface area contributed by atoms with Crippen molar-refractivity contribution in [2.24, 2.45) is 0 Å². The number of thioether (sulfide) groups is 1. The van der Waals surface area contributed by atoms with Gasteiger partial charge in [-0.2, -0.15) is 0 Å². The van der Waals surface area contributed by atoms with Crippen LogP contribution in [0.4, 0.5) is 5.69 Å². The highest BCUT2D eigenvalue weighted by Crippen LogP contribution is 2.29. The number of amides is 1. The lowest BCUT2D eigenvalue weighted by Gasteiger charge is -2.31. The normalized spacial score (nSPS) is 17.6. The van der Waals surface area contributed by atoms with Crippen molar-refractivity contribution in [3.63, 3.8) is 0 Å². The van der Waals surface area contributed by atoms with E-state index >= 15 is 0 Å². The van der Waals surface area contributed by atoms with Crippen molar-refractivity contribution >= 4 is 39.3 Å². The molecular weight excluding hydrogens is 438 g/mol. The van der Waals surface area contributed by atoms with Gasteiger partial charge in [-0.15, -0.1) is 10.2 Å². The van der Waals surface area contributed by atoms with Crippen LogP contribution in [0.1, 0.15) is 44.0 Å². The fourth-order valence-corrected chi connectivity index (χ4v) is 4.99. The first kappa shape index (κ1) is 21.3. The van der Waals surface area contributed by atoms with Crippen molar-refractivity contribution in [3.8, 4) is 0 Å². The Labute approximate surface area is 179 Å². The first-order valence-corrected chi connectivity index (χ1v) is 11.6. The maximum absolute atomic E-state index is 12.6. The topological polar surface area (TPSA) is 63.1 Å². The van der Waals surface area contributed by atoms with Crippen LogP contribution < -0.4 is 5.32 Å². The Morgan fingerprint density at radius 1 is 1.36 bits per heavy atom. The van der Waals surface area contributed by atoms with E-state index in [1.165, 1.54) is 0 Å². The molecule has 1 N–H and O–H groups in total. The summed E-state index contributed by atoms with van der Waals surface area (Å²) >= 11 is 5.26. The molecule has 152 valence electrons. The third-order valence-electron chi connectivity index (χ3n) is 4.97. The molecule has 0 saturated carbocycles. The quantitative estimate of drug-likeness (QED) is 0.617. The van der Waals surface area contributed by atoms with Crippen LogP contribution in [-0.4, -0.2) is 51.0 Å². The summed E-state index contributed by atoms with van der Waals surface area (Å²) in [5.41, 5.74) is 1.97. The Bertz CT molecular complexity index is 825. The number of aryl methyl sites for hydroxylation is 1. The molecule has 0 aliphatic carbocycles. The molecule has 1 aliphatic rings. The molecule has 1 aromatic heterocycles. The summed E-state index contributed by atoms with van der Waals surface area (Å²) in [6.45, 7) is 9.36. The van der Waals surface area contributed by atoms with Gasteiger partial charge in [0.15, 0.2) is 5.16 Å². The maximum atomic E-state index is 12.6. The van der Waals surface area contributed by atoms with Gasteiger partial charge in [-0.1, -0.05) is 24.8 Å². The van der Waals surface area contributed by atoms with Crippen molar-refractivity contribution in [1.29, 1.82) is 0 Å². The second-order valence-corrected chi connectivity index (χ2v) is 9.21. The minimum absolute atomic E-state index is 0.0180. The second-order valence-electron chi connectivity index (χ2n) is 7.12. The summed E-state index contributed by atoms with van der Waals surface area (Å²) in [4.78, 5) is 14.8. The molecule has 6 nitrogen and oxygen atoms in total. The van der Waals surface area contributed by atoms with Gasteiger partial charge in [0.1, 0.15) is 5.82 Å². The highest BCUT2D eigenvalue weighted by molar-refractivity contribution is 9.10. The highest BCUT2D eigenvalue weighted by atomic mass is 79.9. The molecule has 1 atom stereocenters. The van der Waals surface area contributed by atoms with Crippen LogP contribution in [0.5, 0.6) is 0 Å². The van der Waals surface area contributed by atoms with Gasteiger partial charge in [-0.05, 0) is 72.6 Å². The van der Waals surface area contributed by atoms with Crippen LogP contribution >= 0.6 is 27.7 Å². The lowest BCUT2D eigenvalue weighted by Crippen LogP contribution is -2.40. The van der Waals surface area contributed by atoms with Gasteiger partial charge in [0.05, 0.1) is 12.2 Å². The van der Waals surface area contributed by atoms with E-state index in [0.717, 1.165) is 64.9 Å². The van der Waals surface area contributed by atoms with Gasteiger partial charge in [0.2, 0.25) is 5.91 Å². The number of likely N-dealkylation sites (tertiary alicyclic amines) is 1. The Balaban J connectivity index is 1.63. The predicted molar refractivity (Wildman–Crippen MR) is 118 cm³/mol. The number of piperidine rings is 1. The van der Waals surface area contributed by atoms with Gasteiger partial charge >= 0.3 is 0 Å². The molecule has 2 aromatic rings. The van der Waals surface area contributed by atoms with Crippen LogP contribution in [0, 0.1) is 6.92 Å². The molecule has 1 aliphatic heterocycles. The van der Waals surface area contributed by atoms with Crippen LogP contribution in [0.3, 0.4) is 0 Å². The number of halogens is 1. The standard InChI is InChI=1S/C20H28BrN5OS/c1-4-26-19(23-24-20(26)28-5-2)15-7-6-10-25(12-15)13-18(27)22-17-9-8-14(3)11-16(17)21/h8-9,11,15H,4-7,10,12-13H2,1-3H3,(H,22,27). The number of benzene rings is 1. The molecule has 1 saturated heterocycles. The molecule has 2 heterocycles. The number of rotatable bonds is 7. The van der Waals surface area contributed by atoms with E-state index in [9.17, 15) is 4.79 Å². The molecular formula is C20H28BrN5OS. The van der Waals surface area contributed by atoms with Crippen molar-refractivity contribution in [1.82, 2.24) is 19.7 Å². The number of carbonyl (C=O) groups is 1. The Morgan fingerprint density at radius 2 is 2.18 bits per heavy atom. The van der Waals surface area contributed by atoms with E-state index in [1.54, 1.807) is 11.8 Å². The first-order valence-electron chi connectivity index (χ1n) is 9.86. The van der Waals surface area contributed by atoms with Crippen LogP contribution in [0.2, 0.25) is 0 Å². The molecule has 0 spiro atoms. The SMILES string of the molecule is CCSc1nnc(C2CCCN(CC(=O)Nc3ccc(C)cc3Br)C2)n1CC. The van der Waals surface area contributed by atoms with Crippen LogP contribution in [-0.2, 0) is 11.3 Å². The Hall–Kier alpha value is -1.38. The monoisotopic (exact) mass is 465 g/mol.